The number of carbonyl (C=O) groups is 2. The van der Waals surface area contributed by atoms with Crippen LogP contribution in [0.3, 0.4) is 0 Å². The Morgan fingerprint density at radius 2 is 1.83 bits per heavy atom. The maximum atomic E-state index is 12.7. The lowest BCUT2D eigenvalue weighted by Gasteiger charge is -2.50. The Balaban J connectivity index is 1.13. The maximum absolute atomic E-state index is 12.7. The van der Waals surface area contributed by atoms with Crippen LogP contribution >= 0.6 is 0 Å². The van der Waals surface area contributed by atoms with Gasteiger partial charge in [-0.15, -0.1) is 10.2 Å². The highest BCUT2D eigenvalue weighted by atomic mass is 32.2. The second kappa shape index (κ2) is 12.5. The van der Waals surface area contributed by atoms with E-state index in [1.54, 1.807) is 24.3 Å². The number of nitrogens with zero attached hydrogens (tertiary/aromatic N) is 7. The second-order valence-corrected chi connectivity index (χ2v) is 14.0. The number of anilines is 4. The van der Waals surface area contributed by atoms with Gasteiger partial charge in [0.2, 0.25) is 5.91 Å². The third-order valence-electron chi connectivity index (χ3n) is 9.06. The van der Waals surface area contributed by atoms with E-state index in [0.29, 0.717) is 41.8 Å². The van der Waals surface area contributed by atoms with Crippen LogP contribution in [0.4, 0.5) is 22.9 Å². The molecule has 0 bridgehead atoms. The van der Waals surface area contributed by atoms with Gasteiger partial charge >= 0.3 is 0 Å². The minimum atomic E-state index is -1.32. The lowest BCUT2D eigenvalue weighted by molar-refractivity contribution is -0.117. The molecule has 16 heteroatoms. The highest BCUT2D eigenvalue weighted by molar-refractivity contribution is 7.84. The van der Waals surface area contributed by atoms with E-state index in [1.807, 2.05) is 47.9 Å². The van der Waals surface area contributed by atoms with Gasteiger partial charge in [0.15, 0.2) is 11.5 Å². The average Bonchev–Trinajstić information content (AvgIpc) is 3.84. The number of rotatable bonds is 10. The summed E-state index contributed by atoms with van der Waals surface area (Å²) in [6, 6.07) is 12.9. The Hall–Kier alpha value is -4.56. The number of hydrogen-bond donors (Lipinski definition) is 3. The van der Waals surface area contributed by atoms with Crippen molar-refractivity contribution in [1.29, 1.82) is 0 Å². The summed E-state index contributed by atoms with van der Waals surface area (Å²) in [5.74, 6) is 0.230. The van der Waals surface area contributed by atoms with Gasteiger partial charge in [0.1, 0.15) is 5.03 Å². The van der Waals surface area contributed by atoms with E-state index < -0.39 is 22.0 Å². The topological polar surface area (TPSA) is 150 Å². The monoisotopic (exact) mass is 660 g/mol. The Morgan fingerprint density at radius 3 is 2.56 bits per heavy atom. The van der Waals surface area contributed by atoms with E-state index in [2.05, 4.69) is 36.0 Å². The van der Waals surface area contributed by atoms with Crippen molar-refractivity contribution in [3.63, 3.8) is 0 Å². The summed E-state index contributed by atoms with van der Waals surface area (Å²) in [7, 11) is 15.5. The average molecular weight is 660 g/mol. The predicted octanol–water partition coefficient (Wildman–Crippen LogP) is 2.27. The number of hydrogen-bond acceptors (Lipinski definition) is 10. The zero-order chi connectivity index (χ0) is 33.7. The second-order valence-electron chi connectivity index (χ2n) is 12.3. The fraction of sp³-hybridized carbons (Fsp3) is 0.375. The van der Waals surface area contributed by atoms with Crippen LogP contribution in [0.1, 0.15) is 47.7 Å². The summed E-state index contributed by atoms with van der Waals surface area (Å²) in [4.78, 5) is 33.7. The van der Waals surface area contributed by atoms with E-state index in [4.69, 9.17) is 20.8 Å². The molecular weight excluding hydrogens is 626 g/mol. The fourth-order valence-corrected chi connectivity index (χ4v) is 6.93. The van der Waals surface area contributed by atoms with E-state index in [1.165, 1.54) is 7.05 Å². The summed E-state index contributed by atoms with van der Waals surface area (Å²) in [5.41, 5.74) is 5.74. The molecule has 2 fully saturated rings. The Morgan fingerprint density at radius 1 is 1.06 bits per heavy atom. The summed E-state index contributed by atoms with van der Waals surface area (Å²) in [6.45, 7) is 3.56. The van der Waals surface area contributed by atoms with Crippen LogP contribution in [0.2, 0.25) is 0 Å². The van der Waals surface area contributed by atoms with Gasteiger partial charge in [-0.1, -0.05) is 25.1 Å². The minimum Gasteiger partial charge on any atom is -0.366 e. The molecule has 1 unspecified atom stereocenters. The van der Waals surface area contributed by atoms with Crippen LogP contribution in [0, 0.1) is 5.92 Å². The zero-order valence-corrected chi connectivity index (χ0v) is 27.8. The summed E-state index contributed by atoms with van der Waals surface area (Å²) in [5, 5.41) is 21.0. The number of pyridine rings is 1. The lowest BCUT2D eigenvalue weighted by atomic mass is 9.57. The van der Waals surface area contributed by atoms with Gasteiger partial charge in [0.25, 0.3) is 5.91 Å². The molecule has 242 valence electrons. The number of aromatic nitrogens is 5. The molecule has 48 heavy (non-hydrogen) atoms. The molecule has 5 heterocycles. The SMILES string of the molecule is [B]C([B])(c1cccc(S(=O)CC)n1)N1CC(n2ncc3c2CN(C)c2c(Nc4cc(NC(=O)C5CC5)nnc4C(=O)NC)cccc2-3)C1. The van der Waals surface area contributed by atoms with Crippen molar-refractivity contribution in [2.75, 3.05) is 48.5 Å². The zero-order valence-electron chi connectivity index (χ0n) is 26.9. The molecule has 3 aliphatic rings. The fourth-order valence-electron chi connectivity index (χ4n) is 6.20. The van der Waals surface area contributed by atoms with Crippen LogP contribution in [0.15, 0.2) is 53.7 Å². The van der Waals surface area contributed by atoms with E-state index in [0.717, 1.165) is 41.0 Å². The summed E-state index contributed by atoms with van der Waals surface area (Å²) in [6.07, 6.45) is 3.60. The molecule has 13 nitrogen and oxygen atoms in total. The molecule has 1 aromatic carbocycles. The highest BCUT2D eigenvalue weighted by Crippen LogP contribution is 2.45. The number of carbonyl (C=O) groups excluding carboxylic acids is 2. The van der Waals surface area contributed by atoms with Gasteiger partial charge in [-0.25, -0.2) is 4.98 Å². The number of nitrogens with one attached hydrogen (secondary N) is 3. The highest BCUT2D eigenvalue weighted by Gasteiger charge is 2.41. The standard InChI is InChI=1S/C32H34B2N10O3S/c1-4-48(47)27-10-6-9-25(38-27)32(33,34)43-15-19(16-43)44-24-17-42(3)29-20(21(24)14-36-44)7-5-8-22(29)37-23-13-26(39-30(45)18-11-12-18)40-41-28(23)31(46)35-2/h5-10,13-14,18-19H,4,11-12,15-17H2,1-3H3,(H,35,46)(H2,37,39,40,45). The molecule has 1 aliphatic carbocycles. The van der Waals surface area contributed by atoms with Gasteiger partial charge in [0, 0.05) is 61.7 Å². The quantitative estimate of drug-likeness (QED) is 0.216. The Labute approximate surface area is 283 Å². The maximum Gasteiger partial charge on any atom is 0.273 e. The minimum absolute atomic E-state index is 0.00411. The van der Waals surface area contributed by atoms with Gasteiger partial charge in [-0.2, -0.15) is 5.10 Å². The molecule has 2 amide bonds. The van der Waals surface area contributed by atoms with Gasteiger partial charge in [0.05, 0.1) is 68.0 Å². The molecule has 3 aromatic heterocycles. The molecule has 3 N–H and O–H groups in total. The molecule has 1 saturated heterocycles. The van der Waals surface area contributed by atoms with Crippen molar-refractivity contribution in [3.8, 4) is 11.1 Å². The largest absolute Gasteiger partial charge is 0.366 e. The smallest absolute Gasteiger partial charge is 0.273 e. The van der Waals surface area contributed by atoms with Crippen molar-refractivity contribution < 1.29 is 13.8 Å². The predicted molar refractivity (Wildman–Crippen MR) is 185 cm³/mol. The first kappa shape index (κ1) is 32.0. The Kier molecular flexibility index (Phi) is 8.32. The molecule has 4 radical (unpaired) electrons. The van der Waals surface area contributed by atoms with Gasteiger partial charge in [-0.05, 0) is 36.4 Å². The summed E-state index contributed by atoms with van der Waals surface area (Å²) >= 11 is 0. The molecule has 4 aromatic rings. The van der Waals surface area contributed by atoms with Gasteiger partial charge in [-0.3, -0.25) is 18.5 Å². The normalized spacial score (nSPS) is 16.8. The first-order chi connectivity index (χ1) is 23.1. The Bertz CT molecular complexity index is 1940. The van der Waals surface area contributed by atoms with Crippen LogP contribution in [0.5, 0.6) is 0 Å². The lowest BCUT2D eigenvalue weighted by Crippen LogP contribution is -2.60. The molecule has 0 spiro atoms. The third-order valence-corrected chi connectivity index (χ3v) is 10.3. The number of likely N-dealkylation sites (tertiary alicyclic amines) is 1. The van der Waals surface area contributed by atoms with Crippen molar-refractivity contribution in [2.45, 2.75) is 42.7 Å². The summed E-state index contributed by atoms with van der Waals surface area (Å²) < 4.78 is 14.4. The van der Waals surface area contributed by atoms with E-state index >= 15 is 0 Å². The molecule has 7 rings (SSSR count). The number of amides is 2. The van der Waals surface area contributed by atoms with Crippen molar-refractivity contribution >= 4 is 61.2 Å². The van der Waals surface area contributed by atoms with Crippen LogP contribution in [-0.4, -0.2) is 94.5 Å². The van der Waals surface area contributed by atoms with Gasteiger partial charge < -0.3 is 25.8 Å². The van der Waals surface area contributed by atoms with E-state index in [9.17, 15) is 13.8 Å². The van der Waals surface area contributed by atoms with Crippen molar-refractivity contribution in [2.24, 2.45) is 5.92 Å². The third kappa shape index (κ3) is 5.76. The first-order valence-electron chi connectivity index (χ1n) is 15.9. The number of fused-ring (bicyclic) bond motifs is 3. The van der Waals surface area contributed by atoms with Crippen LogP contribution in [0.25, 0.3) is 11.1 Å². The van der Waals surface area contributed by atoms with Crippen molar-refractivity contribution in [3.05, 3.63) is 65.7 Å². The number of para-hydroxylation sites is 1. The van der Waals surface area contributed by atoms with Crippen LogP contribution < -0.4 is 20.9 Å². The van der Waals surface area contributed by atoms with E-state index in [-0.39, 0.29) is 29.4 Å². The molecule has 1 saturated carbocycles. The number of benzene rings is 1. The van der Waals surface area contributed by atoms with Crippen molar-refractivity contribution in [1.82, 2.24) is 35.2 Å². The first-order valence-corrected chi connectivity index (χ1v) is 17.2. The van der Waals surface area contributed by atoms with Crippen LogP contribution in [-0.2, 0) is 27.5 Å². The molecular formula is C32H34B2N10O3S. The molecule has 2 aliphatic heterocycles. The molecule has 1 atom stereocenters.